The van der Waals surface area contributed by atoms with Gasteiger partial charge in [-0.3, -0.25) is 4.79 Å². The molecule has 18 heavy (non-hydrogen) atoms. The van der Waals surface area contributed by atoms with Crippen molar-refractivity contribution in [2.75, 3.05) is 0 Å². The molecule has 1 amide bonds. The third-order valence-corrected chi connectivity index (χ3v) is 3.55. The van der Waals surface area contributed by atoms with E-state index in [1.165, 1.54) is 0 Å². The minimum atomic E-state index is -1.00. The van der Waals surface area contributed by atoms with Gasteiger partial charge in [-0.1, -0.05) is 20.8 Å². The summed E-state index contributed by atoms with van der Waals surface area (Å²) in [6, 6.07) is 2.98. The van der Waals surface area contributed by atoms with Crippen LogP contribution < -0.4 is 5.32 Å². The lowest BCUT2D eigenvalue weighted by atomic mass is 9.86. The molecule has 0 aromatic carbocycles. The number of aliphatic carboxylic acids is 1. The highest BCUT2D eigenvalue weighted by molar-refractivity contribution is 7.12. The van der Waals surface area contributed by atoms with Crippen molar-refractivity contribution < 1.29 is 14.7 Å². The van der Waals surface area contributed by atoms with Gasteiger partial charge in [0.05, 0.1) is 6.42 Å². The molecule has 0 radical (unpaired) electrons. The summed E-state index contributed by atoms with van der Waals surface area (Å²) < 4.78 is 0. The molecule has 1 aromatic rings. The molecule has 0 aliphatic heterocycles. The summed E-state index contributed by atoms with van der Waals surface area (Å²) in [7, 11) is 0. The van der Waals surface area contributed by atoms with Crippen molar-refractivity contribution in [1.82, 2.24) is 5.32 Å². The minimum Gasteiger partial charge on any atom is -0.480 e. The van der Waals surface area contributed by atoms with Crippen LogP contribution in [0.4, 0.5) is 0 Å². The number of carboxylic acids is 1. The summed E-state index contributed by atoms with van der Waals surface area (Å²) in [6.45, 7) is 7.35. The maximum Gasteiger partial charge on any atom is 0.326 e. The van der Waals surface area contributed by atoms with Crippen LogP contribution in [0.25, 0.3) is 0 Å². The lowest BCUT2D eigenvalue weighted by Crippen LogP contribution is -2.49. The second kappa shape index (κ2) is 5.52. The Kier molecular flexibility index (Phi) is 4.51. The molecule has 0 saturated carbocycles. The van der Waals surface area contributed by atoms with Gasteiger partial charge >= 0.3 is 5.97 Å². The van der Waals surface area contributed by atoms with Crippen LogP contribution in [-0.2, 0) is 16.0 Å². The summed E-state index contributed by atoms with van der Waals surface area (Å²) in [5.41, 5.74) is -0.507. The number of aryl methyl sites for hydroxylation is 1. The van der Waals surface area contributed by atoms with Crippen LogP contribution in [0.1, 0.15) is 30.5 Å². The van der Waals surface area contributed by atoms with Gasteiger partial charge in [-0.15, -0.1) is 11.3 Å². The molecule has 2 N–H and O–H groups in total. The van der Waals surface area contributed by atoms with Gasteiger partial charge in [0.25, 0.3) is 0 Å². The molecule has 1 heterocycles. The van der Waals surface area contributed by atoms with E-state index in [2.05, 4.69) is 5.32 Å². The molecule has 1 atom stereocenters. The van der Waals surface area contributed by atoms with E-state index in [-0.39, 0.29) is 12.3 Å². The molecule has 1 rings (SSSR count). The van der Waals surface area contributed by atoms with Gasteiger partial charge in [-0.25, -0.2) is 4.79 Å². The Morgan fingerprint density at radius 3 is 2.39 bits per heavy atom. The fourth-order valence-electron chi connectivity index (χ4n) is 1.60. The van der Waals surface area contributed by atoms with Crippen molar-refractivity contribution in [3.8, 4) is 0 Å². The zero-order valence-corrected chi connectivity index (χ0v) is 11.9. The van der Waals surface area contributed by atoms with E-state index >= 15 is 0 Å². The SMILES string of the molecule is Cc1ccc(CC(=O)N[C@@H](C(=O)O)C(C)(C)C)s1. The highest BCUT2D eigenvalue weighted by Crippen LogP contribution is 2.20. The predicted octanol–water partition coefficient (Wildman–Crippen LogP) is 2.21. The second-order valence-electron chi connectivity index (χ2n) is 5.39. The smallest absolute Gasteiger partial charge is 0.326 e. The monoisotopic (exact) mass is 269 g/mol. The first kappa shape index (κ1) is 14.7. The van der Waals surface area contributed by atoms with E-state index in [0.29, 0.717) is 0 Å². The van der Waals surface area contributed by atoms with E-state index in [4.69, 9.17) is 5.11 Å². The number of carbonyl (C=O) groups excluding carboxylic acids is 1. The minimum absolute atomic E-state index is 0.234. The van der Waals surface area contributed by atoms with Crippen molar-refractivity contribution >= 4 is 23.2 Å². The van der Waals surface area contributed by atoms with Gasteiger partial charge in [0.1, 0.15) is 6.04 Å². The van der Waals surface area contributed by atoms with Crippen molar-refractivity contribution in [3.05, 3.63) is 21.9 Å². The molecule has 1 aromatic heterocycles. The Balaban J connectivity index is 2.65. The first-order valence-electron chi connectivity index (χ1n) is 5.77. The topological polar surface area (TPSA) is 66.4 Å². The van der Waals surface area contributed by atoms with Gasteiger partial charge in [-0.05, 0) is 24.5 Å². The maximum atomic E-state index is 11.8. The molecule has 0 aliphatic rings. The van der Waals surface area contributed by atoms with Gasteiger partial charge in [0.2, 0.25) is 5.91 Å². The molecule has 0 bridgehead atoms. The summed E-state index contributed by atoms with van der Waals surface area (Å²) in [4.78, 5) is 25.0. The van der Waals surface area contributed by atoms with E-state index in [1.54, 1.807) is 32.1 Å². The third-order valence-electron chi connectivity index (χ3n) is 2.55. The Hall–Kier alpha value is -1.36. The molecule has 0 unspecified atom stereocenters. The van der Waals surface area contributed by atoms with Crippen LogP contribution in [0, 0.1) is 12.3 Å². The first-order valence-corrected chi connectivity index (χ1v) is 6.59. The number of hydrogen-bond acceptors (Lipinski definition) is 3. The van der Waals surface area contributed by atoms with E-state index in [0.717, 1.165) is 9.75 Å². The zero-order valence-electron chi connectivity index (χ0n) is 11.1. The number of rotatable bonds is 4. The molecule has 4 nitrogen and oxygen atoms in total. The number of amides is 1. The highest BCUT2D eigenvalue weighted by Gasteiger charge is 2.32. The quantitative estimate of drug-likeness (QED) is 0.880. The number of nitrogens with one attached hydrogen (secondary N) is 1. The van der Waals surface area contributed by atoms with Crippen LogP contribution in [0.3, 0.4) is 0 Å². The molecule has 0 spiro atoms. The van der Waals surface area contributed by atoms with Crippen LogP contribution in [-0.4, -0.2) is 23.0 Å². The fraction of sp³-hybridized carbons (Fsp3) is 0.538. The number of carboxylic acid groups (broad SMARTS) is 1. The molecule has 5 heteroatoms. The van der Waals surface area contributed by atoms with Gasteiger partial charge in [0.15, 0.2) is 0 Å². The van der Waals surface area contributed by atoms with Crippen molar-refractivity contribution in [2.24, 2.45) is 5.41 Å². The highest BCUT2D eigenvalue weighted by atomic mass is 32.1. The molecule has 0 saturated heterocycles. The molecule has 0 aliphatic carbocycles. The van der Waals surface area contributed by atoms with Crippen molar-refractivity contribution in [2.45, 2.75) is 40.2 Å². The van der Waals surface area contributed by atoms with Crippen LogP contribution in [0.15, 0.2) is 12.1 Å². The van der Waals surface area contributed by atoms with E-state index in [9.17, 15) is 9.59 Å². The van der Waals surface area contributed by atoms with E-state index in [1.807, 2.05) is 19.1 Å². The number of thiophene rings is 1. The number of hydrogen-bond donors (Lipinski definition) is 2. The Bertz CT molecular complexity index is 445. The maximum absolute atomic E-state index is 11.8. The Labute approximate surface area is 111 Å². The summed E-state index contributed by atoms with van der Waals surface area (Å²) >= 11 is 1.55. The zero-order chi connectivity index (χ0) is 13.9. The third kappa shape index (κ3) is 4.14. The number of carbonyl (C=O) groups is 2. The van der Waals surface area contributed by atoms with Crippen molar-refractivity contribution in [1.29, 1.82) is 0 Å². The largest absolute Gasteiger partial charge is 0.480 e. The Morgan fingerprint density at radius 1 is 1.39 bits per heavy atom. The van der Waals surface area contributed by atoms with Gasteiger partial charge in [-0.2, -0.15) is 0 Å². The van der Waals surface area contributed by atoms with Gasteiger partial charge < -0.3 is 10.4 Å². The van der Waals surface area contributed by atoms with Gasteiger partial charge in [0, 0.05) is 9.75 Å². The van der Waals surface area contributed by atoms with Crippen molar-refractivity contribution in [3.63, 3.8) is 0 Å². The standard InChI is InChI=1S/C13H19NO3S/c1-8-5-6-9(18-8)7-10(15)14-11(12(16)17)13(2,3)4/h5-6,11H,7H2,1-4H3,(H,14,15)(H,16,17)/t11-/m0/s1. The molecular weight excluding hydrogens is 250 g/mol. The fourth-order valence-corrected chi connectivity index (χ4v) is 2.49. The Morgan fingerprint density at radius 2 is 2.00 bits per heavy atom. The predicted molar refractivity (Wildman–Crippen MR) is 71.8 cm³/mol. The lowest BCUT2D eigenvalue weighted by Gasteiger charge is -2.27. The summed E-state index contributed by atoms with van der Waals surface area (Å²) in [5.74, 6) is -1.25. The summed E-state index contributed by atoms with van der Waals surface area (Å²) in [6.07, 6.45) is 0.234. The van der Waals surface area contributed by atoms with Crippen LogP contribution in [0.5, 0.6) is 0 Å². The first-order chi connectivity index (χ1) is 8.20. The summed E-state index contributed by atoms with van der Waals surface area (Å²) in [5, 5.41) is 11.7. The molecular formula is C13H19NO3S. The van der Waals surface area contributed by atoms with E-state index < -0.39 is 17.4 Å². The molecule has 100 valence electrons. The lowest BCUT2D eigenvalue weighted by molar-refractivity contribution is -0.144. The second-order valence-corrected chi connectivity index (χ2v) is 6.77. The average molecular weight is 269 g/mol. The molecule has 0 fully saturated rings. The normalized spacial score (nSPS) is 13.1. The average Bonchev–Trinajstić information content (AvgIpc) is 2.58. The van der Waals surface area contributed by atoms with Crippen LogP contribution in [0.2, 0.25) is 0 Å². The van der Waals surface area contributed by atoms with Crippen LogP contribution >= 0.6 is 11.3 Å².